The molecule has 1 amide bonds. The maximum atomic E-state index is 12.6. The first-order valence-electron chi connectivity index (χ1n) is 7.09. The van der Waals surface area contributed by atoms with Crippen molar-refractivity contribution in [1.82, 2.24) is 4.90 Å². The van der Waals surface area contributed by atoms with E-state index in [9.17, 15) is 9.59 Å². The minimum Gasteiger partial charge on any atom is -0.478 e. The van der Waals surface area contributed by atoms with E-state index < -0.39 is 5.97 Å². The molecule has 1 fully saturated rings. The van der Waals surface area contributed by atoms with Crippen molar-refractivity contribution in [2.45, 2.75) is 33.6 Å². The van der Waals surface area contributed by atoms with E-state index in [0.717, 1.165) is 42.4 Å². The monoisotopic (exact) mass is 307 g/mol. The average molecular weight is 307 g/mol. The van der Waals surface area contributed by atoms with Gasteiger partial charge < -0.3 is 10.0 Å². The number of carboxylic acid groups (broad SMARTS) is 1. The lowest BCUT2D eigenvalue weighted by molar-refractivity contribution is -0.131. The molecule has 2 rings (SSSR count). The topological polar surface area (TPSA) is 57.6 Å². The fourth-order valence-corrected chi connectivity index (χ4v) is 3.71. The number of aliphatic carboxylic acids is 1. The number of amides is 1. The molecule has 1 aliphatic rings. The smallest absolute Gasteiger partial charge is 0.328 e. The van der Waals surface area contributed by atoms with Crippen LogP contribution in [0.25, 0.3) is 6.08 Å². The van der Waals surface area contributed by atoms with Crippen molar-refractivity contribution < 1.29 is 14.7 Å². The Hall–Kier alpha value is -1.62. The molecule has 0 radical (unpaired) electrons. The number of aryl methyl sites for hydroxylation is 1. The van der Waals surface area contributed by atoms with Crippen molar-refractivity contribution in [1.29, 1.82) is 0 Å². The van der Waals surface area contributed by atoms with Gasteiger partial charge in [0.1, 0.15) is 0 Å². The molecule has 1 aromatic heterocycles. The molecule has 0 aliphatic carbocycles. The minimum absolute atomic E-state index is 0.0610. The summed E-state index contributed by atoms with van der Waals surface area (Å²) in [4.78, 5) is 26.6. The Bertz CT molecular complexity index is 586. The lowest BCUT2D eigenvalue weighted by atomic mass is 9.84. The van der Waals surface area contributed by atoms with Gasteiger partial charge in [0.25, 0.3) is 5.91 Å². The number of hydrogen-bond acceptors (Lipinski definition) is 3. The Kier molecular flexibility index (Phi) is 4.52. The van der Waals surface area contributed by atoms with E-state index in [4.69, 9.17) is 5.11 Å². The maximum absolute atomic E-state index is 12.6. The van der Waals surface area contributed by atoms with Gasteiger partial charge in [-0.15, -0.1) is 11.3 Å². The molecule has 5 heteroatoms. The second kappa shape index (κ2) is 6.02. The summed E-state index contributed by atoms with van der Waals surface area (Å²) in [5.41, 5.74) is 1.11. The summed E-state index contributed by atoms with van der Waals surface area (Å²) >= 11 is 1.36. The van der Waals surface area contributed by atoms with E-state index in [0.29, 0.717) is 4.88 Å². The molecule has 0 aromatic carbocycles. The first-order valence-corrected chi connectivity index (χ1v) is 7.91. The van der Waals surface area contributed by atoms with Crippen LogP contribution in [0.15, 0.2) is 12.1 Å². The van der Waals surface area contributed by atoms with Crippen LogP contribution >= 0.6 is 11.3 Å². The standard InChI is InChI=1S/C16H21NO3S/c1-11-9-13(21-12(11)5-6-14(18)19)15(20)17-8-4-7-16(2,3)10-17/h5-6,9H,4,7-8,10H2,1-3H3,(H,18,19)/b6-5+. The largest absolute Gasteiger partial charge is 0.478 e. The van der Waals surface area contributed by atoms with Crippen LogP contribution in [0.1, 0.15) is 46.8 Å². The molecule has 21 heavy (non-hydrogen) atoms. The van der Waals surface area contributed by atoms with Crippen LogP contribution in [-0.4, -0.2) is 35.0 Å². The number of carboxylic acids is 1. The van der Waals surface area contributed by atoms with Crippen molar-refractivity contribution in [2.24, 2.45) is 5.41 Å². The molecule has 114 valence electrons. The van der Waals surface area contributed by atoms with E-state index in [1.165, 1.54) is 11.3 Å². The average Bonchev–Trinajstić information content (AvgIpc) is 2.75. The summed E-state index contributed by atoms with van der Waals surface area (Å²) in [5, 5.41) is 8.69. The summed E-state index contributed by atoms with van der Waals surface area (Å²) in [6, 6.07) is 1.86. The Morgan fingerprint density at radius 3 is 2.76 bits per heavy atom. The molecule has 2 heterocycles. The molecule has 0 atom stereocenters. The van der Waals surface area contributed by atoms with E-state index in [-0.39, 0.29) is 11.3 Å². The Balaban J connectivity index is 2.16. The highest BCUT2D eigenvalue weighted by Crippen LogP contribution is 2.31. The highest BCUT2D eigenvalue weighted by atomic mass is 32.1. The summed E-state index contributed by atoms with van der Waals surface area (Å²) in [6.45, 7) is 7.86. The fraction of sp³-hybridized carbons (Fsp3) is 0.500. The van der Waals surface area contributed by atoms with E-state index in [1.807, 2.05) is 17.9 Å². The summed E-state index contributed by atoms with van der Waals surface area (Å²) in [7, 11) is 0. The zero-order valence-electron chi connectivity index (χ0n) is 12.7. The van der Waals surface area contributed by atoms with Gasteiger partial charge in [0.05, 0.1) is 4.88 Å². The molecule has 1 N–H and O–H groups in total. The van der Waals surface area contributed by atoms with Crippen LogP contribution in [0.3, 0.4) is 0 Å². The summed E-state index contributed by atoms with van der Waals surface area (Å²) in [6.07, 6.45) is 4.85. The number of rotatable bonds is 3. The SMILES string of the molecule is Cc1cc(C(=O)N2CCCC(C)(C)C2)sc1/C=C/C(=O)O. The number of thiophene rings is 1. The number of hydrogen-bond donors (Lipinski definition) is 1. The molecular formula is C16H21NO3S. The van der Waals surface area contributed by atoms with E-state index >= 15 is 0 Å². The second-order valence-corrected chi connectivity index (χ2v) is 7.41. The first kappa shape index (κ1) is 15.8. The predicted molar refractivity (Wildman–Crippen MR) is 84.6 cm³/mol. The Labute approximate surface area is 129 Å². The van der Waals surface area contributed by atoms with Gasteiger partial charge in [0.15, 0.2) is 0 Å². The van der Waals surface area contributed by atoms with Crippen molar-refractivity contribution in [3.05, 3.63) is 27.5 Å². The van der Waals surface area contributed by atoms with Gasteiger partial charge >= 0.3 is 5.97 Å². The van der Waals surface area contributed by atoms with Crippen LogP contribution in [0.5, 0.6) is 0 Å². The lowest BCUT2D eigenvalue weighted by Crippen LogP contribution is -2.43. The third kappa shape index (κ3) is 3.94. The highest BCUT2D eigenvalue weighted by Gasteiger charge is 2.30. The van der Waals surface area contributed by atoms with Crippen LogP contribution in [0, 0.1) is 12.3 Å². The quantitative estimate of drug-likeness (QED) is 0.871. The minimum atomic E-state index is -0.978. The molecule has 0 saturated carbocycles. The van der Waals surface area contributed by atoms with Crippen molar-refractivity contribution in [3.8, 4) is 0 Å². The van der Waals surface area contributed by atoms with Crippen LogP contribution in [0.2, 0.25) is 0 Å². The molecule has 0 spiro atoms. The fourth-order valence-electron chi connectivity index (χ4n) is 2.67. The number of nitrogens with zero attached hydrogens (tertiary/aromatic N) is 1. The Morgan fingerprint density at radius 1 is 1.43 bits per heavy atom. The van der Waals surface area contributed by atoms with E-state index in [1.54, 1.807) is 6.08 Å². The molecule has 0 bridgehead atoms. The van der Waals surface area contributed by atoms with Gasteiger partial charge in [0.2, 0.25) is 0 Å². The summed E-state index contributed by atoms with van der Waals surface area (Å²) < 4.78 is 0. The highest BCUT2D eigenvalue weighted by molar-refractivity contribution is 7.15. The number of likely N-dealkylation sites (tertiary alicyclic amines) is 1. The maximum Gasteiger partial charge on any atom is 0.328 e. The van der Waals surface area contributed by atoms with Crippen molar-refractivity contribution in [3.63, 3.8) is 0 Å². The van der Waals surface area contributed by atoms with Gasteiger partial charge in [-0.1, -0.05) is 13.8 Å². The summed E-state index contributed by atoms with van der Waals surface area (Å²) in [5.74, 6) is -0.917. The van der Waals surface area contributed by atoms with Crippen molar-refractivity contribution in [2.75, 3.05) is 13.1 Å². The first-order chi connectivity index (χ1) is 9.78. The van der Waals surface area contributed by atoms with Crippen LogP contribution in [0.4, 0.5) is 0 Å². The normalized spacial score (nSPS) is 18.1. The predicted octanol–water partition coefficient (Wildman–Crippen LogP) is 3.42. The third-order valence-corrected chi connectivity index (χ3v) is 4.92. The molecule has 1 saturated heterocycles. The van der Waals surface area contributed by atoms with Gasteiger partial charge in [-0.05, 0) is 42.9 Å². The molecule has 1 aliphatic heterocycles. The van der Waals surface area contributed by atoms with Gasteiger partial charge in [-0.3, -0.25) is 4.79 Å². The van der Waals surface area contributed by atoms with Gasteiger partial charge in [-0.25, -0.2) is 4.79 Å². The number of carbonyl (C=O) groups is 2. The Morgan fingerprint density at radius 2 is 2.14 bits per heavy atom. The van der Waals surface area contributed by atoms with Crippen LogP contribution < -0.4 is 0 Å². The van der Waals surface area contributed by atoms with Gasteiger partial charge in [-0.2, -0.15) is 0 Å². The van der Waals surface area contributed by atoms with Crippen molar-refractivity contribution >= 4 is 29.3 Å². The van der Waals surface area contributed by atoms with E-state index in [2.05, 4.69) is 13.8 Å². The number of carbonyl (C=O) groups excluding carboxylic acids is 1. The zero-order chi connectivity index (χ0) is 15.6. The molecule has 0 unspecified atom stereocenters. The number of piperidine rings is 1. The van der Waals surface area contributed by atoms with Gasteiger partial charge in [0, 0.05) is 24.0 Å². The van der Waals surface area contributed by atoms with Crippen LogP contribution in [-0.2, 0) is 4.79 Å². The molecule has 1 aromatic rings. The molecule has 4 nitrogen and oxygen atoms in total. The second-order valence-electron chi connectivity index (χ2n) is 6.32. The lowest BCUT2D eigenvalue weighted by Gasteiger charge is -2.37. The molecular weight excluding hydrogens is 286 g/mol. The zero-order valence-corrected chi connectivity index (χ0v) is 13.5. The third-order valence-electron chi connectivity index (χ3n) is 3.73.